The predicted molar refractivity (Wildman–Crippen MR) is 88.6 cm³/mol. The first-order chi connectivity index (χ1) is 9.88. The third-order valence-electron chi connectivity index (χ3n) is 3.49. The summed E-state index contributed by atoms with van der Waals surface area (Å²) in [6, 6.07) is 5.18. The maximum absolute atomic E-state index is 12.0. The minimum absolute atomic E-state index is 0. The summed E-state index contributed by atoms with van der Waals surface area (Å²) in [5.41, 5.74) is 6.64. The second kappa shape index (κ2) is 7.70. The summed E-state index contributed by atoms with van der Waals surface area (Å²) in [4.78, 5) is 12.0. The lowest BCUT2D eigenvalue weighted by Gasteiger charge is -2.25. The summed E-state index contributed by atoms with van der Waals surface area (Å²) >= 11 is 0. The molecule has 1 amide bonds. The van der Waals surface area contributed by atoms with E-state index in [-0.39, 0.29) is 23.7 Å². The zero-order valence-electron chi connectivity index (χ0n) is 13.3. The number of amides is 1. The van der Waals surface area contributed by atoms with E-state index in [9.17, 15) is 4.79 Å². The number of nitrogens with one attached hydrogen (secondary N) is 1. The topological polar surface area (TPSA) is 73.6 Å². The monoisotopic (exact) mass is 328 g/mol. The molecule has 0 fully saturated rings. The lowest BCUT2D eigenvalue weighted by atomic mass is 9.87. The Labute approximate surface area is 138 Å². The Morgan fingerprint density at radius 3 is 2.55 bits per heavy atom. The molecule has 1 atom stereocenters. The highest BCUT2D eigenvalue weighted by Crippen LogP contribution is 2.30. The zero-order valence-corrected chi connectivity index (χ0v) is 14.2. The molecule has 1 aromatic carbocycles. The molecule has 0 bridgehead atoms. The number of carbonyl (C=O) groups is 1. The largest absolute Gasteiger partial charge is 0.490 e. The van der Waals surface area contributed by atoms with Crippen LogP contribution in [0, 0.1) is 5.41 Å². The van der Waals surface area contributed by atoms with Crippen LogP contribution in [0.5, 0.6) is 11.5 Å². The molecule has 0 aromatic heterocycles. The van der Waals surface area contributed by atoms with Gasteiger partial charge in [-0.15, -0.1) is 12.4 Å². The normalized spacial score (nSPS) is 15.3. The molecule has 0 saturated carbocycles. The van der Waals surface area contributed by atoms with E-state index in [1.807, 2.05) is 39.0 Å². The van der Waals surface area contributed by atoms with Crippen molar-refractivity contribution in [3.8, 4) is 11.5 Å². The molecule has 2 rings (SSSR count). The van der Waals surface area contributed by atoms with Crippen molar-refractivity contribution >= 4 is 18.3 Å². The summed E-state index contributed by atoms with van der Waals surface area (Å²) in [6.07, 6.45) is 0.876. The van der Waals surface area contributed by atoms with Gasteiger partial charge in [-0.05, 0) is 23.1 Å². The number of benzene rings is 1. The van der Waals surface area contributed by atoms with Crippen molar-refractivity contribution in [2.24, 2.45) is 11.1 Å². The summed E-state index contributed by atoms with van der Waals surface area (Å²) in [7, 11) is 0. The zero-order chi connectivity index (χ0) is 15.5. The third kappa shape index (κ3) is 4.78. The van der Waals surface area contributed by atoms with Gasteiger partial charge in [0.25, 0.3) is 0 Å². The average Bonchev–Trinajstić information content (AvgIpc) is 2.67. The summed E-state index contributed by atoms with van der Waals surface area (Å²) in [6.45, 7) is 7.60. The van der Waals surface area contributed by atoms with Crippen molar-refractivity contribution in [1.29, 1.82) is 0 Å². The lowest BCUT2D eigenvalue weighted by molar-refractivity contribution is -0.124. The molecular formula is C16H25ClN2O3. The highest BCUT2D eigenvalue weighted by atomic mass is 35.5. The minimum atomic E-state index is -0.530. The summed E-state index contributed by atoms with van der Waals surface area (Å²) in [5, 5.41) is 2.87. The number of carbonyl (C=O) groups excluding carboxylic acids is 1. The highest BCUT2D eigenvalue weighted by Gasteiger charge is 2.27. The Morgan fingerprint density at radius 2 is 1.91 bits per heavy atom. The van der Waals surface area contributed by atoms with E-state index in [1.54, 1.807) is 0 Å². The van der Waals surface area contributed by atoms with Crippen LogP contribution in [0.15, 0.2) is 18.2 Å². The van der Waals surface area contributed by atoms with E-state index in [0.717, 1.165) is 23.5 Å². The van der Waals surface area contributed by atoms with Crippen LogP contribution < -0.4 is 20.5 Å². The van der Waals surface area contributed by atoms with E-state index in [1.165, 1.54) is 0 Å². The van der Waals surface area contributed by atoms with Crippen molar-refractivity contribution < 1.29 is 14.3 Å². The molecule has 0 aliphatic carbocycles. The van der Waals surface area contributed by atoms with E-state index < -0.39 is 6.04 Å². The van der Waals surface area contributed by atoms with Crippen LogP contribution >= 0.6 is 12.4 Å². The third-order valence-corrected chi connectivity index (χ3v) is 3.49. The number of nitrogens with two attached hydrogens (primary N) is 1. The van der Waals surface area contributed by atoms with Crippen molar-refractivity contribution in [3.63, 3.8) is 0 Å². The van der Waals surface area contributed by atoms with Crippen LogP contribution in [0.4, 0.5) is 0 Å². The van der Waals surface area contributed by atoms with Crippen LogP contribution in [0.2, 0.25) is 0 Å². The average molecular weight is 329 g/mol. The van der Waals surface area contributed by atoms with Crippen molar-refractivity contribution in [3.05, 3.63) is 23.8 Å². The van der Waals surface area contributed by atoms with Gasteiger partial charge in [-0.25, -0.2) is 0 Å². The lowest BCUT2D eigenvalue weighted by Crippen LogP contribution is -2.48. The maximum atomic E-state index is 12.0. The minimum Gasteiger partial charge on any atom is -0.490 e. The van der Waals surface area contributed by atoms with E-state index in [0.29, 0.717) is 19.8 Å². The van der Waals surface area contributed by atoms with Gasteiger partial charge in [-0.3, -0.25) is 4.79 Å². The molecule has 0 spiro atoms. The Bertz CT molecular complexity index is 515. The van der Waals surface area contributed by atoms with Crippen LogP contribution in [0.3, 0.4) is 0 Å². The van der Waals surface area contributed by atoms with Gasteiger partial charge in [0.2, 0.25) is 5.91 Å². The van der Waals surface area contributed by atoms with E-state index in [2.05, 4.69) is 5.32 Å². The first-order valence-corrected chi connectivity index (χ1v) is 7.30. The molecule has 0 unspecified atom stereocenters. The maximum Gasteiger partial charge on any atom is 0.237 e. The molecule has 5 nitrogen and oxygen atoms in total. The second-order valence-electron chi connectivity index (χ2n) is 6.39. The van der Waals surface area contributed by atoms with Crippen LogP contribution in [-0.4, -0.2) is 25.2 Å². The molecule has 1 aliphatic heterocycles. The quantitative estimate of drug-likeness (QED) is 0.892. The molecule has 1 heterocycles. The molecule has 1 aromatic rings. The number of hydrogen-bond acceptors (Lipinski definition) is 4. The Hall–Kier alpha value is -1.46. The highest BCUT2D eigenvalue weighted by molar-refractivity contribution is 5.85. The fourth-order valence-electron chi connectivity index (χ4n) is 2.01. The number of ether oxygens (including phenoxy) is 2. The van der Waals surface area contributed by atoms with E-state index in [4.69, 9.17) is 15.2 Å². The van der Waals surface area contributed by atoms with Gasteiger partial charge in [0.15, 0.2) is 11.5 Å². The van der Waals surface area contributed by atoms with Gasteiger partial charge >= 0.3 is 0 Å². The Morgan fingerprint density at radius 1 is 1.27 bits per heavy atom. The SMILES string of the molecule is CC(C)(C)[C@H](N)C(=O)NCc1ccc2c(c1)OCCCO2.Cl. The predicted octanol–water partition coefficient (Wildman–Crippen LogP) is 2.26. The van der Waals surface area contributed by atoms with Gasteiger partial charge < -0.3 is 20.5 Å². The van der Waals surface area contributed by atoms with Gasteiger partial charge in [0.1, 0.15) is 0 Å². The first kappa shape index (κ1) is 18.6. The number of fused-ring (bicyclic) bond motifs is 1. The number of rotatable bonds is 3. The molecule has 124 valence electrons. The summed E-state index contributed by atoms with van der Waals surface area (Å²) < 4.78 is 11.2. The Balaban J connectivity index is 0.00000242. The summed E-state index contributed by atoms with van der Waals surface area (Å²) in [5.74, 6) is 1.35. The standard InChI is InChI=1S/C16H24N2O3.ClH/c1-16(2,3)14(17)15(19)18-10-11-5-6-12-13(9-11)21-8-4-7-20-12;/h5-6,9,14H,4,7-8,10,17H2,1-3H3,(H,18,19);1H/t14-;/m1./s1. The van der Waals surface area contributed by atoms with Crippen LogP contribution in [0.25, 0.3) is 0 Å². The van der Waals surface area contributed by atoms with Crippen molar-refractivity contribution in [2.45, 2.75) is 39.8 Å². The molecule has 0 radical (unpaired) electrons. The number of halogens is 1. The van der Waals surface area contributed by atoms with Gasteiger partial charge in [-0.2, -0.15) is 0 Å². The first-order valence-electron chi connectivity index (χ1n) is 7.30. The van der Waals surface area contributed by atoms with Gasteiger partial charge in [0, 0.05) is 13.0 Å². The fraction of sp³-hybridized carbons (Fsp3) is 0.562. The van der Waals surface area contributed by atoms with Crippen LogP contribution in [-0.2, 0) is 11.3 Å². The van der Waals surface area contributed by atoms with Crippen molar-refractivity contribution in [2.75, 3.05) is 13.2 Å². The Kier molecular flexibility index (Phi) is 6.50. The molecule has 6 heteroatoms. The van der Waals surface area contributed by atoms with Crippen LogP contribution in [0.1, 0.15) is 32.8 Å². The molecule has 1 aliphatic rings. The molecular weight excluding hydrogens is 304 g/mol. The smallest absolute Gasteiger partial charge is 0.237 e. The second-order valence-corrected chi connectivity index (χ2v) is 6.39. The van der Waals surface area contributed by atoms with Gasteiger partial charge in [-0.1, -0.05) is 26.8 Å². The molecule has 0 saturated heterocycles. The molecule has 3 N–H and O–H groups in total. The van der Waals surface area contributed by atoms with Gasteiger partial charge in [0.05, 0.1) is 19.3 Å². The van der Waals surface area contributed by atoms with Crippen molar-refractivity contribution in [1.82, 2.24) is 5.32 Å². The number of hydrogen-bond donors (Lipinski definition) is 2. The van der Waals surface area contributed by atoms with E-state index >= 15 is 0 Å². The fourth-order valence-corrected chi connectivity index (χ4v) is 2.01. The molecule has 22 heavy (non-hydrogen) atoms.